The Morgan fingerprint density at radius 1 is 1.25 bits per heavy atom. The number of guanidine groups is 1. The number of nitrogens with two attached hydrogens (primary N) is 1. The van der Waals surface area contributed by atoms with Crippen molar-refractivity contribution in [3.05, 3.63) is 54.2 Å². The molecule has 0 atom stereocenters. The predicted molar refractivity (Wildman–Crippen MR) is 91.6 cm³/mol. The quantitative estimate of drug-likeness (QED) is 0.483. The summed E-state index contributed by atoms with van der Waals surface area (Å²) in [6.45, 7) is 0.419. The fourth-order valence-electron chi connectivity index (χ4n) is 1.61. The van der Waals surface area contributed by atoms with Gasteiger partial charge in [0.05, 0.1) is 13.7 Å². The number of benzene rings is 1. The van der Waals surface area contributed by atoms with E-state index in [-0.39, 0.29) is 24.0 Å². The molecule has 0 unspecified atom stereocenters. The van der Waals surface area contributed by atoms with Crippen molar-refractivity contribution in [1.82, 2.24) is 4.98 Å². The van der Waals surface area contributed by atoms with Crippen LogP contribution < -0.4 is 15.8 Å². The van der Waals surface area contributed by atoms with Gasteiger partial charge in [0.1, 0.15) is 0 Å². The molecule has 0 amide bonds. The first-order chi connectivity index (χ1) is 9.29. The SMILES string of the molecule is COc1ncccc1CN=C(N)Nc1ccccc1.I. The van der Waals surface area contributed by atoms with Crippen LogP contribution in [0.4, 0.5) is 5.69 Å². The number of aromatic nitrogens is 1. The van der Waals surface area contributed by atoms with Gasteiger partial charge in [0, 0.05) is 17.4 Å². The Kier molecular flexibility index (Phi) is 6.78. The summed E-state index contributed by atoms with van der Waals surface area (Å²) in [6.07, 6.45) is 1.68. The molecule has 2 aromatic rings. The van der Waals surface area contributed by atoms with Gasteiger partial charge in [0.15, 0.2) is 5.96 Å². The van der Waals surface area contributed by atoms with Crippen molar-refractivity contribution in [2.24, 2.45) is 10.7 Å². The molecule has 0 radical (unpaired) electrons. The zero-order valence-corrected chi connectivity index (χ0v) is 13.4. The summed E-state index contributed by atoms with van der Waals surface area (Å²) in [6, 6.07) is 13.4. The highest BCUT2D eigenvalue weighted by molar-refractivity contribution is 14.0. The fraction of sp³-hybridized carbons (Fsp3) is 0.143. The first kappa shape index (κ1) is 16.2. The van der Waals surface area contributed by atoms with Crippen LogP contribution in [-0.2, 0) is 6.54 Å². The minimum Gasteiger partial charge on any atom is -0.481 e. The van der Waals surface area contributed by atoms with Gasteiger partial charge < -0.3 is 15.8 Å². The molecule has 106 valence electrons. The molecule has 0 bridgehead atoms. The molecule has 0 aliphatic carbocycles. The van der Waals surface area contributed by atoms with Gasteiger partial charge in [-0.3, -0.25) is 0 Å². The smallest absolute Gasteiger partial charge is 0.218 e. The Bertz CT molecular complexity index is 560. The molecule has 20 heavy (non-hydrogen) atoms. The van der Waals surface area contributed by atoms with Gasteiger partial charge in [-0.25, -0.2) is 9.98 Å². The average Bonchev–Trinajstić information content (AvgIpc) is 2.46. The van der Waals surface area contributed by atoms with Crippen LogP contribution in [0.1, 0.15) is 5.56 Å². The highest BCUT2D eigenvalue weighted by atomic mass is 127. The third-order valence-electron chi connectivity index (χ3n) is 2.51. The number of rotatable bonds is 4. The Balaban J connectivity index is 0.00000200. The van der Waals surface area contributed by atoms with Crippen molar-refractivity contribution < 1.29 is 4.74 Å². The average molecular weight is 384 g/mol. The van der Waals surface area contributed by atoms with Crippen molar-refractivity contribution in [3.63, 3.8) is 0 Å². The van der Waals surface area contributed by atoms with E-state index in [1.54, 1.807) is 13.3 Å². The minimum absolute atomic E-state index is 0. The summed E-state index contributed by atoms with van der Waals surface area (Å²) >= 11 is 0. The van der Waals surface area contributed by atoms with Gasteiger partial charge in [0.25, 0.3) is 0 Å². The van der Waals surface area contributed by atoms with Crippen LogP contribution >= 0.6 is 24.0 Å². The highest BCUT2D eigenvalue weighted by Gasteiger charge is 2.02. The summed E-state index contributed by atoms with van der Waals surface area (Å²) < 4.78 is 5.15. The maximum atomic E-state index is 5.82. The molecule has 0 saturated carbocycles. The van der Waals surface area contributed by atoms with Gasteiger partial charge in [-0.2, -0.15) is 0 Å². The van der Waals surface area contributed by atoms with E-state index in [2.05, 4.69) is 15.3 Å². The molecular weight excluding hydrogens is 367 g/mol. The summed E-state index contributed by atoms with van der Waals surface area (Å²) in [7, 11) is 1.58. The summed E-state index contributed by atoms with van der Waals surface area (Å²) in [5.41, 5.74) is 7.62. The van der Waals surface area contributed by atoms with Crippen molar-refractivity contribution >= 4 is 35.6 Å². The zero-order chi connectivity index (χ0) is 13.5. The molecule has 1 aromatic heterocycles. The molecule has 0 aliphatic rings. The molecular formula is C14H17IN4O. The molecule has 6 heteroatoms. The van der Waals surface area contributed by atoms with E-state index in [0.29, 0.717) is 18.4 Å². The zero-order valence-electron chi connectivity index (χ0n) is 11.1. The molecule has 2 rings (SSSR count). The summed E-state index contributed by atoms with van der Waals surface area (Å²) in [5.74, 6) is 0.927. The van der Waals surface area contributed by atoms with Crippen LogP contribution in [0.3, 0.4) is 0 Å². The molecule has 1 heterocycles. The number of aliphatic imine (C=N–C) groups is 1. The predicted octanol–water partition coefficient (Wildman–Crippen LogP) is 2.64. The van der Waals surface area contributed by atoms with E-state index in [9.17, 15) is 0 Å². The number of hydrogen-bond donors (Lipinski definition) is 2. The number of ether oxygens (including phenoxy) is 1. The van der Waals surface area contributed by atoms with Gasteiger partial charge in [-0.15, -0.1) is 24.0 Å². The van der Waals surface area contributed by atoms with Crippen molar-refractivity contribution in [1.29, 1.82) is 0 Å². The lowest BCUT2D eigenvalue weighted by atomic mass is 10.3. The topological polar surface area (TPSA) is 72.5 Å². The third kappa shape index (κ3) is 4.69. The van der Waals surface area contributed by atoms with Crippen molar-refractivity contribution in [2.75, 3.05) is 12.4 Å². The molecule has 0 spiro atoms. The molecule has 0 aliphatic heterocycles. The summed E-state index contributed by atoms with van der Waals surface area (Å²) in [5, 5.41) is 3.02. The first-order valence-electron chi connectivity index (χ1n) is 5.89. The number of methoxy groups -OCH3 is 1. The number of anilines is 1. The Hall–Kier alpha value is -1.83. The standard InChI is InChI=1S/C14H16N4O.HI/c1-19-13-11(6-5-9-16-13)10-17-14(15)18-12-7-3-2-4-8-12;/h2-9H,10H2,1H3,(H3,15,17,18);1H. The Morgan fingerprint density at radius 3 is 2.70 bits per heavy atom. The number of hydrogen-bond acceptors (Lipinski definition) is 3. The second-order valence-corrected chi connectivity index (χ2v) is 3.86. The van der Waals surface area contributed by atoms with E-state index < -0.39 is 0 Å². The normalized spacial score (nSPS) is 10.6. The van der Waals surface area contributed by atoms with Crippen LogP contribution in [0.5, 0.6) is 5.88 Å². The second-order valence-electron chi connectivity index (χ2n) is 3.86. The van der Waals surface area contributed by atoms with Crippen LogP contribution in [0.2, 0.25) is 0 Å². The van der Waals surface area contributed by atoms with Crippen LogP contribution in [0.25, 0.3) is 0 Å². The molecule has 5 nitrogen and oxygen atoms in total. The monoisotopic (exact) mass is 384 g/mol. The number of halogens is 1. The second kappa shape index (κ2) is 8.36. The van der Waals surface area contributed by atoms with Gasteiger partial charge in [-0.05, 0) is 18.2 Å². The maximum absolute atomic E-state index is 5.82. The lowest BCUT2D eigenvalue weighted by Crippen LogP contribution is -2.22. The molecule has 3 N–H and O–H groups in total. The maximum Gasteiger partial charge on any atom is 0.218 e. The number of pyridine rings is 1. The van der Waals surface area contributed by atoms with E-state index in [0.717, 1.165) is 11.3 Å². The van der Waals surface area contributed by atoms with Crippen LogP contribution in [-0.4, -0.2) is 18.1 Å². The molecule has 0 saturated heterocycles. The van der Waals surface area contributed by atoms with Crippen LogP contribution in [0, 0.1) is 0 Å². The highest BCUT2D eigenvalue weighted by Crippen LogP contribution is 2.14. The number of para-hydroxylation sites is 1. The van der Waals surface area contributed by atoms with Crippen LogP contribution in [0.15, 0.2) is 53.7 Å². The Labute approximate surface area is 135 Å². The van der Waals surface area contributed by atoms with Crippen molar-refractivity contribution in [3.8, 4) is 5.88 Å². The lowest BCUT2D eigenvalue weighted by Gasteiger charge is -2.06. The van der Waals surface area contributed by atoms with Gasteiger partial charge >= 0.3 is 0 Å². The van der Waals surface area contributed by atoms with Gasteiger partial charge in [-0.1, -0.05) is 24.3 Å². The third-order valence-corrected chi connectivity index (χ3v) is 2.51. The fourth-order valence-corrected chi connectivity index (χ4v) is 1.61. The number of nitrogens with zero attached hydrogens (tertiary/aromatic N) is 2. The molecule has 0 fully saturated rings. The largest absolute Gasteiger partial charge is 0.481 e. The van der Waals surface area contributed by atoms with E-state index in [1.807, 2.05) is 42.5 Å². The first-order valence-corrected chi connectivity index (χ1v) is 5.89. The minimum atomic E-state index is 0. The van der Waals surface area contributed by atoms with E-state index >= 15 is 0 Å². The van der Waals surface area contributed by atoms with Crippen molar-refractivity contribution in [2.45, 2.75) is 6.54 Å². The van der Waals surface area contributed by atoms with E-state index in [4.69, 9.17) is 10.5 Å². The van der Waals surface area contributed by atoms with Gasteiger partial charge in [0.2, 0.25) is 5.88 Å². The molecule has 1 aromatic carbocycles. The van der Waals surface area contributed by atoms with E-state index in [1.165, 1.54) is 0 Å². The summed E-state index contributed by atoms with van der Waals surface area (Å²) in [4.78, 5) is 8.37. The Morgan fingerprint density at radius 2 is 2.00 bits per heavy atom. The lowest BCUT2D eigenvalue weighted by molar-refractivity contribution is 0.392. The number of nitrogens with one attached hydrogen (secondary N) is 1.